The predicted molar refractivity (Wildman–Crippen MR) is 258 cm³/mol. The molecule has 0 aromatic heterocycles. The van der Waals surface area contributed by atoms with E-state index in [-0.39, 0.29) is 98.9 Å². The van der Waals surface area contributed by atoms with E-state index in [2.05, 4.69) is 72.6 Å². The number of ether oxygens (including phenoxy) is 9. The van der Waals surface area contributed by atoms with E-state index in [1.54, 1.807) is 0 Å². The molecule has 6 atom stereocenters. The van der Waals surface area contributed by atoms with Gasteiger partial charge in [-0.25, -0.2) is 19.2 Å². The summed E-state index contributed by atoms with van der Waals surface area (Å²) in [4.78, 5) is 66.3. The van der Waals surface area contributed by atoms with E-state index in [0.29, 0.717) is 28.9 Å². The van der Waals surface area contributed by atoms with E-state index >= 15 is 0 Å². The molecule has 5 fully saturated rings. The third-order valence-corrected chi connectivity index (χ3v) is 13.5. The van der Waals surface area contributed by atoms with Gasteiger partial charge in [-0.2, -0.15) is 0 Å². The molecule has 6 unspecified atom stereocenters. The fourth-order valence-corrected chi connectivity index (χ4v) is 9.78. The highest BCUT2D eigenvalue weighted by Gasteiger charge is 2.61. The summed E-state index contributed by atoms with van der Waals surface area (Å²) in [6.07, 6.45) is 8.25. The normalized spacial score (nSPS) is 29.1. The number of carbonyl (C=O) groups is 6. The van der Waals surface area contributed by atoms with E-state index < -0.39 is 54.4 Å². The van der Waals surface area contributed by atoms with Crippen molar-refractivity contribution < 1.29 is 86.7 Å². The zero-order valence-corrected chi connectivity index (χ0v) is 43.1. The van der Waals surface area contributed by atoms with Crippen LogP contribution in [0.5, 0.6) is 0 Å². The van der Waals surface area contributed by atoms with E-state index in [0.717, 1.165) is 5.92 Å². The zero-order valence-electron chi connectivity index (χ0n) is 42.3. The molecule has 1 saturated heterocycles. The molecule has 400 valence electrons. The second-order valence-electron chi connectivity index (χ2n) is 20.7. The van der Waals surface area contributed by atoms with Crippen LogP contribution < -0.4 is 0 Å². The van der Waals surface area contributed by atoms with Crippen LogP contribution in [0, 0.1) is 33.5 Å². The second-order valence-corrected chi connectivity index (χ2v) is 20.9. The van der Waals surface area contributed by atoms with E-state index in [9.17, 15) is 39.0 Å². The van der Waals surface area contributed by atoms with Crippen molar-refractivity contribution in [2.45, 2.75) is 139 Å². The molecule has 0 aromatic carbocycles. The van der Waals surface area contributed by atoms with Crippen molar-refractivity contribution in [2.75, 3.05) is 65.7 Å². The molecule has 19 heteroatoms. The van der Waals surface area contributed by atoms with Crippen molar-refractivity contribution in [2.24, 2.45) is 33.5 Å². The van der Waals surface area contributed by atoms with Crippen LogP contribution in [0.25, 0.3) is 0 Å². The summed E-state index contributed by atoms with van der Waals surface area (Å²) in [7, 11) is 0. The Labute approximate surface area is 419 Å². The van der Waals surface area contributed by atoms with E-state index in [4.69, 9.17) is 54.6 Å². The number of halogens is 1. The Kier molecular flexibility index (Phi) is 25.0. The quantitative estimate of drug-likeness (QED) is 0.0305. The van der Waals surface area contributed by atoms with Gasteiger partial charge in [0, 0.05) is 22.3 Å². The molecule has 0 aromatic rings. The van der Waals surface area contributed by atoms with Crippen LogP contribution in [-0.2, 0) is 71.4 Å². The molecule has 5 rings (SSSR count). The average Bonchev–Trinajstić information content (AvgIpc) is 3.99. The van der Waals surface area contributed by atoms with Gasteiger partial charge in [0.2, 0.25) is 0 Å². The van der Waals surface area contributed by atoms with Gasteiger partial charge in [0.15, 0.2) is 31.4 Å². The Hall–Kier alpha value is -3.85. The maximum Gasteiger partial charge on any atom is 0.333 e. The van der Waals surface area contributed by atoms with Crippen molar-refractivity contribution in [1.82, 2.24) is 0 Å². The molecule has 4 bridgehead atoms. The van der Waals surface area contributed by atoms with Crippen LogP contribution in [0.1, 0.15) is 115 Å². The topological polar surface area (TPSA) is 246 Å². The number of alkyl halides is 1. The van der Waals surface area contributed by atoms with Gasteiger partial charge in [-0.1, -0.05) is 86.9 Å². The van der Waals surface area contributed by atoms with Gasteiger partial charge in [-0.15, -0.1) is 0 Å². The zero-order chi connectivity index (χ0) is 52.8. The molecule has 1 aliphatic heterocycles. The van der Waals surface area contributed by atoms with Gasteiger partial charge in [0.1, 0.15) is 38.3 Å². The highest BCUT2D eigenvalue weighted by Crippen LogP contribution is 2.64. The van der Waals surface area contributed by atoms with Crippen molar-refractivity contribution in [3.05, 3.63) is 48.6 Å². The lowest BCUT2D eigenvalue weighted by molar-refractivity contribution is -0.420. The first-order valence-electron chi connectivity index (χ1n) is 22.9. The van der Waals surface area contributed by atoms with Crippen molar-refractivity contribution in [3.63, 3.8) is 0 Å². The molecule has 3 N–H and O–H groups in total. The number of hydrogen-bond acceptors (Lipinski definition) is 18. The third kappa shape index (κ3) is 18.3. The molecule has 4 saturated carbocycles. The first-order chi connectivity index (χ1) is 31.8. The summed E-state index contributed by atoms with van der Waals surface area (Å²) in [5.41, 5.74) is 0.341. The summed E-state index contributed by atoms with van der Waals surface area (Å²) in [6.45, 7) is 30.3. The first-order valence-corrected chi connectivity index (χ1v) is 23.4. The molecular weight excluding hydrogens is 936 g/mol. The number of rotatable bonds is 20. The van der Waals surface area contributed by atoms with Gasteiger partial charge >= 0.3 is 29.9 Å². The molecule has 18 nitrogen and oxygen atoms in total. The molecular formula is C51H81ClO18. The van der Waals surface area contributed by atoms with E-state index in [1.165, 1.54) is 66.2 Å². The maximum absolute atomic E-state index is 11.6. The fourth-order valence-electron chi connectivity index (χ4n) is 9.65. The summed E-state index contributed by atoms with van der Waals surface area (Å²) >= 11 is 5.69. The van der Waals surface area contributed by atoms with Crippen LogP contribution in [0.2, 0.25) is 0 Å². The van der Waals surface area contributed by atoms with Crippen molar-refractivity contribution in [3.8, 4) is 0 Å². The molecule has 0 spiro atoms. The summed E-state index contributed by atoms with van der Waals surface area (Å²) in [6, 6.07) is 0.344. The third-order valence-electron chi connectivity index (χ3n) is 13.4. The minimum Gasteiger partial charge on any atom is -0.459 e. The van der Waals surface area contributed by atoms with Crippen LogP contribution >= 0.6 is 11.6 Å². The summed E-state index contributed by atoms with van der Waals surface area (Å²) in [5.74, 6) is -3.98. The van der Waals surface area contributed by atoms with Crippen molar-refractivity contribution in [1.29, 1.82) is 0 Å². The SMILES string of the molecule is C.C=C(C)C(=O)OCC(=O)CO.C=C(C)C(=O)OCC(=O)COCOC1C2(C)CCC(C2)C1(C)C.C=C(C)C(=O)OCC1(O)COC(O)(COC(=O)C(=C)C)OC1.CC12CCC(C1)C(C)(C)C2OCCl. The number of ketones is 2. The van der Waals surface area contributed by atoms with Crippen LogP contribution in [-0.4, -0.2) is 140 Å². The monoisotopic (exact) mass is 1020 g/mol. The number of carbonyl (C=O) groups excluding carboxylic acids is 6. The van der Waals surface area contributed by atoms with Gasteiger partial charge in [-0.05, 0) is 99.7 Å². The lowest BCUT2D eigenvalue weighted by atomic mass is 9.70. The van der Waals surface area contributed by atoms with Gasteiger partial charge in [0.25, 0.3) is 0 Å². The maximum atomic E-state index is 11.6. The Morgan fingerprint density at radius 1 is 0.600 bits per heavy atom. The summed E-state index contributed by atoms with van der Waals surface area (Å²) < 4.78 is 45.7. The number of fused-ring (bicyclic) bond motifs is 4. The Morgan fingerprint density at radius 2 is 0.986 bits per heavy atom. The van der Waals surface area contributed by atoms with Gasteiger partial charge in [0.05, 0.1) is 25.4 Å². The minimum atomic E-state index is -2.17. The molecule has 1 heterocycles. The largest absolute Gasteiger partial charge is 0.459 e. The van der Waals surface area contributed by atoms with Crippen molar-refractivity contribution >= 4 is 47.0 Å². The highest BCUT2D eigenvalue weighted by atomic mass is 35.5. The molecule has 70 heavy (non-hydrogen) atoms. The number of aliphatic hydroxyl groups is 3. The average molecular weight is 1020 g/mol. The molecule has 5 aliphatic rings. The Bertz CT molecular complexity index is 1830. The van der Waals surface area contributed by atoms with Gasteiger partial charge < -0.3 is 58.0 Å². The number of aliphatic hydroxyl groups excluding tert-OH is 1. The predicted octanol–water partition coefficient (Wildman–Crippen LogP) is 6.25. The van der Waals surface area contributed by atoms with Gasteiger partial charge in [-0.3, -0.25) is 9.59 Å². The summed E-state index contributed by atoms with van der Waals surface area (Å²) in [5, 5.41) is 28.2. The Balaban J connectivity index is 0.000000484. The molecule has 4 aliphatic carbocycles. The van der Waals surface area contributed by atoms with E-state index in [1.807, 2.05) is 0 Å². The van der Waals surface area contributed by atoms with Crippen LogP contribution in [0.3, 0.4) is 0 Å². The molecule has 0 radical (unpaired) electrons. The van der Waals surface area contributed by atoms with Crippen LogP contribution in [0.15, 0.2) is 48.6 Å². The number of hydrogen-bond donors (Lipinski definition) is 3. The minimum absolute atomic E-state index is 0. The first kappa shape index (κ1) is 64.2. The molecule has 0 amide bonds. The Morgan fingerprint density at radius 3 is 1.36 bits per heavy atom. The lowest BCUT2D eigenvalue weighted by Crippen LogP contribution is -2.57. The number of esters is 4. The standard InChI is InChI=1S/C18H28O5.C14H20O8.C11H19ClO.C7H10O4.CH4/c1-12(2)15(20)22-10-14(19)9-21-11-23-16-17(3,4)13-6-7-18(16,5)8-13;1-9(2)11(15)19-5-13(17)6-21-14(18,22-7-13)8-20-12(16)10(3)4;1-10(2)8-4-5-11(3,6-8)9(10)13-7-12;1-5(2)7(10)11-4-6(9)3-8;/h13,16H,1,6-11H2,2-5H3;17-18H,1,3,5-8H2,2,4H3;8-9H,4-7H2,1-3H3;8H,1,3-4H2,2H3;1H4. The smallest absolute Gasteiger partial charge is 0.333 e. The van der Waals surface area contributed by atoms with Crippen LogP contribution in [0.4, 0.5) is 0 Å². The highest BCUT2D eigenvalue weighted by molar-refractivity contribution is 6.17. The lowest BCUT2D eigenvalue weighted by Gasteiger charge is -2.42. The fraction of sp³-hybridized carbons (Fsp3) is 0.725. The number of Topliss-reactive ketones (excluding diaryl/α,β-unsaturated/α-hetero) is 2. The second kappa shape index (κ2) is 27.3.